The van der Waals surface area contributed by atoms with Crippen molar-refractivity contribution in [2.45, 2.75) is 25.7 Å². The molecule has 0 aliphatic heterocycles. The molecule has 0 atom stereocenters. The van der Waals surface area contributed by atoms with Gasteiger partial charge in [0.1, 0.15) is 0 Å². The second kappa shape index (κ2) is 5.58. The SMILES string of the molecule is Cc1ccc(NS(=O)(=O)c2cc(C)c(C)c(N)c2)c(Cl)c1. The Bertz CT molecular complexity index is 778. The number of benzene rings is 2. The van der Waals surface area contributed by atoms with Crippen LogP contribution < -0.4 is 10.5 Å². The number of nitrogens with two attached hydrogens (primary N) is 1. The largest absolute Gasteiger partial charge is 0.398 e. The molecule has 0 fully saturated rings. The minimum Gasteiger partial charge on any atom is -0.398 e. The van der Waals surface area contributed by atoms with E-state index in [4.69, 9.17) is 17.3 Å². The molecule has 2 rings (SSSR count). The number of hydrogen-bond acceptors (Lipinski definition) is 3. The van der Waals surface area contributed by atoms with E-state index in [9.17, 15) is 8.42 Å². The number of hydrogen-bond donors (Lipinski definition) is 2. The topological polar surface area (TPSA) is 72.2 Å². The van der Waals surface area contributed by atoms with Crippen molar-refractivity contribution in [1.82, 2.24) is 0 Å². The molecule has 0 heterocycles. The summed E-state index contributed by atoms with van der Waals surface area (Å²) in [4.78, 5) is 0.125. The van der Waals surface area contributed by atoms with Gasteiger partial charge in [0, 0.05) is 5.69 Å². The van der Waals surface area contributed by atoms with E-state index < -0.39 is 10.0 Å². The molecule has 0 saturated carbocycles. The van der Waals surface area contributed by atoms with E-state index >= 15 is 0 Å². The van der Waals surface area contributed by atoms with Gasteiger partial charge in [0.2, 0.25) is 0 Å². The maximum absolute atomic E-state index is 12.4. The minimum atomic E-state index is -3.72. The maximum atomic E-state index is 12.4. The van der Waals surface area contributed by atoms with Gasteiger partial charge in [-0.1, -0.05) is 17.7 Å². The highest BCUT2D eigenvalue weighted by molar-refractivity contribution is 7.92. The van der Waals surface area contributed by atoms with Gasteiger partial charge in [-0.25, -0.2) is 8.42 Å². The lowest BCUT2D eigenvalue weighted by atomic mass is 10.1. The van der Waals surface area contributed by atoms with E-state index in [1.54, 1.807) is 24.3 Å². The average Bonchev–Trinajstić information content (AvgIpc) is 2.38. The fourth-order valence-corrected chi connectivity index (χ4v) is 3.45. The molecule has 0 bridgehead atoms. The van der Waals surface area contributed by atoms with Gasteiger partial charge in [-0.15, -0.1) is 0 Å². The van der Waals surface area contributed by atoms with Gasteiger partial charge >= 0.3 is 0 Å². The Morgan fingerprint density at radius 1 is 1.10 bits per heavy atom. The van der Waals surface area contributed by atoms with Crippen LogP contribution in [0.5, 0.6) is 0 Å². The fraction of sp³-hybridized carbons (Fsp3) is 0.200. The van der Waals surface area contributed by atoms with Gasteiger partial charge in [-0.3, -0.25) is 4.72 Å². The van der Waals surface area contributed by atoms with Crippen LogP contribution in [0, 0.1) is 20.8 Å². The van der Waals surface area contributed by atoms with Crippen LogP contribution in [0.2, 0.25) is 5.02 Å². The van der Waals surface area contributed by atoms with Crippen LogP contribution in [0.1, 0.15) is 16.7 Å². The summed E-state index contributed by atoms with van der Waals surface area (Å²) in [7, 11) is -3.72. The zero-order valence-corrected chi connectivity index (χ0v) is 13.6. The molecule has 0 spiro atoms. The van der Waals surface area contributed by atoms with Crippen LogP contribution >= 0.6 is 11.6 Å². The van der Waals surface area contributed by atoms with E-state index in [1.807, 2.05) is 20.8 Å². The van der Waals surface area contributed by atoms with E-state index in [0.717, 1.165) is 16.7 Å². The molecule has 0 aliphatic carbocycles. The number of halogens is 1. The Kier molecular flexibility index (Phi) is 4.16. The summed E-state index contributed by atoms with van der Waals surface area (Å²) in [6.07, 6.45) is 0. The van der Waals surface area contributed by atoms with Gasteiger partial charge in [0.05, 0.1) is 15.6 Å². The summed E-state index contributed by atoms with van der Waals surface area (Å²) in [6, 6.07) is 8.18. The lowest BCUT2D eigenvalue weighted by Gasteiger charge is -2.12. The van der Waals surface area contributed by atoms with Gasteiger partial charge in [-0.05, 0) is 61.7 Å². The van der Waals surface area contributed by atoms with Crippen molar-refractivity contribution in [2.24, 2.45) is 0 Å². The quantitative estimate of drug-likeness (QED) is 0.846. The van der Waals surface area contributed by atoms with Gasteiger partial charge in [0.15, 0.2) is 0 Å². The smallest absolute Gasteiger partial charge is 0.262 e. The van der Waals surface area contributed by atoms with Gasteiger partial charge in [0.25, 0.3) is 10.0 Å². The highest BCUT2D eigenvalue weighted by Crippen LogP contribution is 2.27. The Balaban J connectivity index is 2.43. The van der Waals surface area contributed by atoms with E-state index in [1.165, 1.54) is 6.07 Å². The predicted molar refractivity (Wildman–Crippen MR) is 87.3 cm³/mol. The number of nitrogens with one attached hydrogen (secondary N) is 1. The third-order valence-corrected chi connectivity index (χ3v) is 5.02. The second-order valence-electron chi connectivity index (χ2n) is 5.04. The third kappa shape index (κ3) is 3.31. The van der Waals surface area contributed by atoms with Crippen molar-refractivity contribution in [3.63, 3.8) is 0 Å². The van der Waals surface area contributed by atoms with Crippen LogP contribution in [0.3, 0.4) is 0 Å². The normalized spacial score (nSPS) is 11.4. The average molecular weight is 325 g/mol. The first-order chi connectivity index (χ1) is 9.70. The summed E-state index contributed by atoms with van der Waals surface area (Å²) in [5, 5.41) is 0.357. The summed E-state index contributed by atoms with van der Waals surface area (Å²) in [5.74, 6) is 0. The zero-order chi connectivity index (χ0) is 15.8. The molecule has 0 radical (unpaired) electrons. The zero-order valence-electron chi connectivity index (χ0n) is 12.1. The Morgan fingerprint density at radius 2 is 1.76 bits per heavy atom. The third-order valence-electron chi connectivity index (χ3n) is 3.36. The minimum absolute atomic E-state index is 0.125. The molecule has 0 amide bonds. The van der Waals surface area contributed by atoms with E-state index in [-0.39, 0.29) is 4.90 Å². The first kappa shape index (κ1) is 15.7. The molecule has 2 aromatic rings. The Labute approximate surface area is 130 Å². The van der Waals surface area contributed by atoms with E-state index in [2.05, 4.69) is 4.72 Å². The molecule has 3 N–H and O–H groups in total. The highest BCUT2D eigenvalue weighted by atomic mass is 35.5. The molecule has 6 heteroatoms. The molecule has 21 heavy (non-hydrogen) atoms. The molecule has 112 valence electrons. The number of sulfonamides is 1. The van der Waals surface area contributed by atoms with Crippen LogP contribution in [-0.4, -0.2) is 8.42 Å². The molecule has 4 nitrogen and oxygen atoms in total. The number of rotatable bonds is 3. The van der Waals surface area contributed by atoms with Crippen molar-refractivity contribution in [3.8, 4) is 0 Å². The van der Waals surface area contributed by atoms with Crippen LogP contribution in [0.25, 0.3) is 0 Å². The summed E-state index contributed by atoms with van der Waals surface area (Å²) in [6.45, 7) is 5.56. The van der Waals surface area contributed by atoms with Crippen LogP contribution in [0.15, 0.2) is 35.2 Å². The standard InChI is InChI=1S/C15H17ClN2O2S/c1-9-4-5-15(13(16)6-9)18-21(19,20)12-7-10(2)11(3)14(17)8-12/h4-8,18H,17H2,1-3H3. The second-order valence-corrected chi connectivity index (χ2v) is 7.13. The van der Waals surface area contributed by atoms with Crippen LogP contribution in [0.4, 0.5) is 11.4 Å². The van der Waals surface area contributed by atoms with E-state index in [0.29, 0.717) is 16.4 Å². The van der Waals surface area contributed by atoms with Crippen molar-refractivity contribution < 1.29 is 8.42 Å². The van der Waals surface area contributed by atoms with Gasteiger partial charge in [-0.2, -0.15) is 0 Å². The molecule has 0 aromatic heterocycles. The molecular formula is C15H17ClN2O2S. The number of anilines is 2. The molecule has 0 unspecified atom stereocenters. The Morgan fingerprint density at radius 3 is 2.33 bits per heavy atom. The molecular weight excluding hydrogens is 308 g/mol. The summed E-state index contributed by atoms with van der Waals surface area (Å²) < 4.78 is 27.3. The first-order valence-electron chi connectivity index (χ1n) is 6.36. The molecule has 0 saturated heterocycles. The summed E-state index contributed by atoms with van der Waals surface area (Å²) in [5.41, 5.74) is 9.30. The fourth-order valence-electron chi connectivity index (χ4n) is 1.91. The maximum Gasteiger partial charge on any atom is 0.262 e. The monoisotopic (exact) mass is 324 g/mol. The van der Waals surface area contributed by atoms with Crippen molar-refractivity contribution in [1.29, 1.82) is 0 Å². The van der Waals surface area contributed by atoms with Crippen molar-refractivity contribution in [3.05, 3.63) is 52.0 Å². The predicted octanol–water partition coefficient (Wildman–Crippen LogP) is 3.65. The lowest BCUT2D eigenvalue weighted by molar-refractivity contribution is 0.601. The highest BCUT2D eigenvalue weighted by Gasteiger charge is 2.17. The van der Waals surface area contributed by atoms with Crippen molar-refractivity contribution in [2.75, 3.05) is 10.5 Å². The lowest BCUT2D eigenvalue weighted by Crippen LogP contribution is -2.14. The number of nitrogen functional groups attached to an aromatic ring is 1. The van der Waals surface area contributed by atoms with Crippen molar-refractivity contribution >= 4 is 33.0 Å². The first-order valence-corrected chi connectivity index (χ1v) is 8.22. The molecule has 2 aromatic carbocycles. The van der Waals surface area contributed by atoms with Gasteiger partial charge < -0.3 is 5.73 Å². The number of aryl methyl sites for hydroxylation is 2. The Hall–Kier alpha value is -1.72. The molecule has 0 aliphatic rings. The van der Waals surface area contributed by atoms with Crippen LogP contribution in [-0.2, 0) is 10.0 Å². The summed E-state index contributed by atoms with van der Waals surface area (Å²) >= 11 is 6.06.